The first-order valence-corrected chi connectivity index (χ1v) is 27.7. The first kappa shape index (κ1) is 49.6. The van der Waals surface area contributed by atoms with Crippen molar-refractivity contribution in [3.05, 3.63) is 104 Å². The molecule has 1 aliphatic heterocycles. The van der Waals surface area contributed by atoms with Gasteiger partial charge < -0.3 is 0 Å². The van der Waals surface area contributed by atoms with E-state index in [9.17, 15) is 5.26 Å². The first-order chi connectivity index (χ1) is 33.7. The van der Waals surface area contributed by atoms with Crippen LogP contribution in [0, 0.1) is 22.7 Å². The van der Waals surface area contributed by atoms with Crippen molar-refractivity contribution in [2.45, 2.75) is 216 Å². The van der Waals surface area contributed by atoms with Crippen LogP contribution in [0.3, 0.4) is 0 Å². The zero-order chi connectivity index (χ0) is 53.4. The number of hydrogen-bond donors (Lipinski definition) is 0. The molecule has 5 aromatic heterocycles. The molecule has 0 amide bonds. The average Bonchev–Trinajstić information content (AvgIpc) is 3.96. The largest absolute Gasteiger partial charge is 0.304 e. The zero-order valence-corrected chi connectivity index (χ0v) is 48.8. The predicted molar refractivity (Wildman–Crippen MR) is 304 cm³/mol. The Morgan fingerprint density at radius 1 is 0.658 bits per heavy atom. The Kier molecular flexibility index (Phi) is 9.93. The van der Waals surface area contributed by atoms with Crippen LogP contribution in [-0.2, 0) is 38.0 Å². The third-order valence-electron chi connectivity index (χ3n) is 20.3. The van der Waals surface area contributed by atoms with Crippen molar-refractivity contribution in [2.24, 2.45) is 11.3 Å². The molecule has 6 heterocycles. The van der Waals surface area contributed by atoms with Crippen molar-refractivity contribution in [1.29, 1.82) is 5.26 Å². The standard InChI is InChI=1S/C66H83N7/c1-24-66(25-2)52(54-39-27-26-37(34-67)53-51(39)55-70(54)46-30-40(35(3)4)42(62(16,17)36(5)6)31-47(46)71(55)58(69-53)61(13,14)15)41-28-38(59(7,8)9)29-45-50(41)56-72(57(68-45)60(10,11)12)48-32-43-44(33-49(48)73(56)66)64(20,21)65(22,23)63(43,18)19/h26-33,35-36H,24-25H2,1-23H3/q+2. The number of benzene rings is 4. The van der Waals surface area contributed by atoms with Crippen molar-refractivity contribution in [2.75, 3.05) is 0 Å². The second kappa shape index (κ2) is 14.6. The third-order valence-corrected chi connectivity index (χ3v) is 20.3. The van der Waals surface area contributed by atoms with E-state index >= 15 is 0 Å². The highest BCUT2D eigenvalue weighted by Crippen LogP contribution is 2.62. The lowest BCUT2D eigenvalue weighted by Gasteiger charge is -2.44. The molecular formula is C66H83N7+2. The van der Waals surface area contributed by atoms with Crippen molar-refractivity contribution in [3.63, 3.8) is 0 Å². The number of aromatic nitrogens is 6. The lowest BCUT2D eigenvalue weighted by molar-refractivity contribution is -0.704. The van der Waals surface area contributed by atoms with Crippen LogP contribution in [0.5, 0.6) is 0 Å². The quantitative estimate of drug-likeness (QED) is 0.161. The molecule has 7 nitrogen and oxygen atoms in total. The van der Waals surface area contributed by atoms with Gasteiger partial charge >= 0.3 is 5.65 Å². The van der Waals surface area contributed by atoms with Crippen molar-refractivity contribution < 1.29 is 8.97 Å². The number of hydrogen-bond acceptors (Lipinski definition) is 3. The molecule has 7 heteroatoms. The van der Waals surface area contributed by atoms with E-state index in [-0.39, 0.29) is 43.8 Å². The van der Waals surface area contributed by atoms with E-state index in [1.54, 1.807) is 0 Å². The molecule has 0 saturated heterocycles. The maximum Gasteiger partial charge on any atom is 0.304 e. The summed E-state index contributed by atoms with van der Waals surface area (Å²) in [7, 11) is 0. The van der Waals surface area contributed by atoms with Gasteiger partial charge in [0.25, 0.3) is 5.65 Å². The summed E-state index contributed by atoms with van der Waals surface area (Å²) in [6.07, 6.45) is 1.71. The van der Waals surface area contributed by atoms with Gasteiger partial charge in [-0.1, -0.05) is 159 Å². The molecular weight excluding hydrogens is 891 g/mol. The molecule has 0 unspecified atom stereocenters. The van der Waals surface area contributed by atoms with Crippen LogP contribution in [0.2, 0.25) is 0 Å². The lowest BCUT2D eigenvalue weighted by Crippen LogP contribution is -2.61. The SMILES string of the molecule is CCC1(CC)C(=c2c3ccc(C#N)c4nc(C(C)(C)C)n5c6cc(C(C)(C)C(C)C)c(C(C)C)cc6[n+]2c5c43)c2cc(C(C)(C)C)cc3nc(C(C)(C)C)n4c5cc6c(cc5[n+]1c4c23)C(C)(C)C(C)(C)C6(C)C. The summed E-state index contributed by atoms with van der Waals surface area (Å²) < 4.78 is 10.6. The molecule has 9 aromatic rings. The molecule has 0 spiro atoms. The summed E-state index contributed by atoms with van der Waals surface area (Å²) in [5, 5.41) is 15.6. The van der Waals surface area contributed by atoms with Crippen LogP contribution in [-0.4, -0.2) is 18.8 Å². The summed E-state index contributed by atoms with van der Waals surface area (Å²) in [5.74, 6) is 2.74. The van der Waals surface area contributed by atoms with Gasteiger partial charge in [-0.25, -0.2) is 14.5 Å². The fourth-order valence-corrected chi connectivity index (χ4v) is 14.0. The Hall–Kier alpha value is -5.61. The predicted octanol–water partition coefficient (Wildman–Crippen LogP) is 14.9. The number of imidazole rings is 2. The summed E-state index contributed by atoms with van der Waals surface area (Å²) in [5.41, 5.74) is 17.5. The molecule has 1 aliphatic carbocycles. The van der Waals surface area contributed by atoms with Crippen LogP contribution in [0.4, 0.5) is 0 Å². The monoisotopic (exact) mass is 974 g/mol. The number of nitriles is 1. The summed E-state index contributed by atoms with van der Waals surface area (Å²) >= 11 is 0. The molecule has 0 N–H and O–H groups in total. The van der Waals surface area contributed by atoms with E-state index in [0.29, 0.717) is 11.5 Å². The molecule has 0 radical (unpaired) electrons. The highest BCUT2D eigenvalue weighted by molar-refractivity contribution is 6.11. The summed E-state index contributed by atoms with van der Waals surface area (Å²) in [6, 6.07) is 22.2. The molecule has 2 aliphatic rings. The van der Waals surface area contributed by atoms with E-state index in [1.165, 1.54) is 77.4 Å². The molecule has 0 saturated carbocycles. The Bertz CT molecular complexity index is 3990. The minimum atomic E-state index is -0.534. The van der Waals surface area contributed by atoms with E-state index in [1.807, 2.05) is 6.07 Å². The maximum absolute atomic E-state index is 11.0. The highest BCUT2D eigenvalue weighted by Gasteiger charge is 2.59. The van der Waals surface area contributed by atoms with E-state index in [4.69, 9.17) is 9.97 Å². The molecule has 4 aromatic carbocycles. The lowest BCUT2D eigenvalue weighted by atomic mass is 9.59. The van der Waals surface area contributed by atoms with Crippen molar-refractivity contribution in [3.8, 4) is 6.07 Å². The minimum absolute atomic E-state index is 0.00822. The molecule has 0 fully saturated rings. The van der Waals surface area contributed by atoms with E-state index in [0.717, 1.165) is 51.9 Å². The Balaban J connectivity index is 1.51. The average molecular weight is 974 g/mol. The second-order valence-corrected chi connectivity index (χ2v) is 28.7. The van der Waals surface area contributed by atoms with Crippen LogP contribution in [0.25, 0.3) is 66.1 Å². The number of rotatable bonds is 5. The summed E-state index contributed by atoms with van der Waals surface area (Å²) in [4.78, 5) is 11.6. The van der Waals surface area contributed by atoms with Gasteiger partial charge in [0.2, 0.25) is 11.6 Å². The topological polar surface area (TPSA) is 66.4 Å². The normalized spacial score (nSPS) is 18.5. The van der Waals surface area contributed by atoms with Gasteiger partial charge in [-0.3, -0.25) is 0 Å². The molecule has 380 valence electrons. The van der Waals surface area contributed by atoms with Gasteiger partial charge in [0.15, 0.2) is 22.1 Å². The Labute approximate surface area is 435 Å². The van der Waals surface area contributed by atoms with Gasteiger partial charge in [-0.05, 0) is 128 Å². The van der Waals surface area contributed by atoms with Crippen molar-refractivity contribution >= 4 is 66.1 Å². The number of fused-ring (bicyclic) bond motifs is 7. The van der Waals surface area contributed by atoms with Gasteiger partial charge in [0.1, 0.15) is 27.9 Å². The fourth-order valence-electron chi connectivity index (χ4n) is 14.0. The van der Waals surface area contributed by atoms with Crippen LogP contribution >= 0.6 is 0 Å². The van der Waals surface area contributed by atoms with Gasteiger partial charge in [0, 0.05) is 21.8 Å². The van der Waals surface area contributed by atoms with Gasteiger partial charge in [-0.2, -0.15) is 18.5 Å². The van der Waals surface area contributed by atoms with Crippen molar-refractivity contribution in [1.82, 2.24) is 18.8 Å². The smallest absolute Gasteiger partial charge is 0.212 e. The van der Waals surface area contributed by atoms with E-state index in [2.05, 4.69) is 226 Å². The van der Waals surface area contributed by atoms with E-state index < -0.39 is 5.54 Å². The second-order valence-electron chi connectivity index (χ2n) is 28.7. The first-order valence-electron chi connectivity index (χ1n) is 27.7. The molecule has 73 heavy (non-hydrogen) atoms. The zero-order valence-electron chi connectivity index (χ0n) is 48.8. The van der Waals surface area contributed by atoms with Gasteiger partial charge in [-0.15, -0.1) is 0 Å². The maximum atomic E-state index is 11.0. The van der Waals surface area contributed by atoms with Crippen LogP contribution < -0.4 is 14.3 Å². The minimum Gasteiger partial charge on any atom is -0.212 e. The Morgan fingerprint density at radius 2 is 1.23 bits per heavy atom. The molecule has 11 rings (SSSR count). The number of nitrogens with zero attached hydrogens (tertiary/aromatic N) is 7. The fraction of sp³-hybridized carbons (Fsp3) is 0.530. The Morgan fingerprint density at radius 3 is 1.78 bits per heavy atom. The van der Waals surface area contributed by atoms with Gasteiger partial charge in [0.05, 0.1) is 22.0 Å². The third kappa shape index (κ3) is 5.93. The summed E-state index contributed by atoms with van der Waals surface area (Å²) in [6.45, 7) is 54.9. The highest BCUT2D eigenvalue weighted by atomic mass is 15.2. The molecule has 0 bridgehead atoms. The van der Waals surface area contributed by atoms with Crippen LogP contribution in [0.1, 0.15) is 229 Å². The molecule has 0 atom stereocenters. The van der Waals surface area contributed by atoms with Crippen LogP contribution in [0.15, 0.2) is 48.5 Å².